The van der Waals surface area contributed by atoms with Gasteiger partial charge in [0.25, 0.3) is 0 Å². The first-order chi connectivity index (χ1) is 10.1. The molecule has 0 heterocycles. The average Bonchev–Trinajstić information content (AvgIpc) is 2.49. The van der Waals surface area contributed by atoms with Gasteiger partial charge in [0.1, 0.15) is 12.6 Å². The van der Waals surface area contributed by atoms with Gasteiger partial charge in [-0.3, -0.25) is 0 Å². The predicted molar refractivity (Wildman–Crippen MR) is 83.5 cm³/mol. The van der Waals surface area contributed by atoms with Crippen molar-refractivity contribution in [1.82, 2.24) is 5.32 Å². The lowest BCUT2D eigenvalue weighted by Gasteiger charge is -2.22. The van der Waals surface area contributed by atoms with Gasteiger partial charge in [-0.1, -0.05) is 46.5 Å². The van der Waals surface area contributed by atoms with E-state index in [0.717, 1.165) is 32.1 Å². The Labute approximate surface area is 132 Å². The maximum Gasteiger partial charge on any atom is 0.407 e. The first-order valence-corrected chi connectivity index (χ1v) is 8.26. The normalized spacial score (nSPS) is 13.3. The standard InChI is InChI=1S/C15H28ClNO4/c1-4-6-7-8-10-20-14(18)13(12(3)5-2)17-15(19)21-11-9-16/h12-13H,4-11H2,1-3H3,(H,17,19). The Bertz CT molecular complexity index is 299. The third-order valence-electron chi connectivity index (χ3n) is 3.29. The van der Waals surface area contributed by atoms with E-state index in [1.165, 1.54) is 0 Å². The number of halogens is 1. The summed E-state index contributed by atoms with van der Waals surface area (Å²) < 4.78 is 10.1. The van der Waals surface area contributed by atoms with Crippen molar-refractivity contribution < 1.29 is 19.1 Å². The van der Waals surface area contributed by atoms with E-state index in [4.69, 9.17) is 21.1 Å². The minimum absolute atomic E-state index is 0.0170. The zero-order valence-corrected chi connectivity index (χ0v) is 14.1. The molecular formula is C15H28ClNO4. The SMILES string of the molecule is CCCCCCOC(=O)C(NC(=O)OCCCl)C(C)CC. The van der Waals surface area contributed by atoms with Crippen LogP contribution in [0.5, 0.6) is 0 Å². The van der Waals surface area contributed by atoms with Crippen molar-refractivity contribution in [3.63, 3.8) is 0 Å². The second-order valence-corrected chi connectivity index (χ2v) is 5.44. The quantitative estimate of drug-likeness (QED) is 0.359. The van der Waals surface area contributed by atoms with Gasteiger partial charge >= 0.3 is 12.1 Å². The summed E-state index contributed by atoms with van der Waals surface area (Å²) in [4.78, 5) is 23.6. The van der Waals surface area contributed by atoms with Crippen LogP contribution in [0.1, 0.15) is 52.9 Å². The summed E-state index contributed by atoms with van der Waals surface area (Å²) in [6, 6.07) is -0.677. The van der Waals surface area contributed by atoms with Crippen molar-refractivity contribution in [2.75, 3.05) is 19.1 Å². The molecule has 2 atom stereocenters. The van der Waals surface area contributed by atoms with Crippen LogP contribution in [-0.2, 0) is 14.3 Å². The molecule has 0 rings (SSSR count). The van der Waals surface area contributed by atoms with Crippen LogP contribution in [0.4, 0.5) is 4.79 Å². The van der Waals surface area contributed by atoms with Crippen LogP contribution >= 0.6 is 11.6 Å². The fraction of sp³-hybridized carbons (Fsp3) is 0.867. The van der Waals surface area contributed by atoms with Gasteiger partial charge in [0.15, 0.2) is 0 Å². The molecule has 0 aromatic rings. The van der Waals surface area contributed by atoms with Gasteiger partial charge < -0.3 is 14.8 Å². The highest BCUT2D eigenvalue weighted by Gasteiger charge is 2.27. The molecule has 0 saturated carbocycles. The van der Waals surface area contributed by atoms with Gasteiger partial charge in [-0.05, 0) is 12.3 Å². The molecule has 0 aliphatic carbocycles. The Morgan fingerprint density at radius 2 is 1.81 bits per heavy atom. The third kappa shape index (κ3) is 9.56. The second kappa shape index (κ2) is 12.7. The number of hydrogen-bond acceptors (Lipinski definition) is 4. The van der Waals surface area contributed by atoms with Crippen LogP contribution in [0.2, 0.25) is 0 Å². The lowest BCUT2D eigenvalue weighted by Crippen LogP contribution is -2.46. The van der Waals surface area contributed by atoms with E-state index in [1.807, 2.05) is 13.8 Å². The number of carbonyl (C=O) groups excluding carboxylic acids is 2. The van der Waals surface area contributed by atoms with Crippen molar-refractivity contribution in [2.45, 2.75) is 58.9 Å². The molecule has 0 bridgehead atoms. The van der Waals surface area contributed by atoms with E-state index in [-0.39, 0.29) is 18.4 Å². The molecular weight excluding hydrogens is 294 g/mol. The van der Waals surface area contributed by atoms with Crippen molar-refractivity contribution in [3.05, 3.63) is 0 Å². The van der Waals surface area contributed by atoms with E-state index in [9.17, 15) is 9.59 Å². The maximum absolute atomic E-state index is 12.1. The Morgan fingerprint density at radius 1 is 1.10 bits per heavy atom. The highest BCUT2D eigenvalue weighted by molar-refractivity contribution is 6.18. The number of amides is 1. The van der Waals surface area contributed by atoms with Gasteiger partial charge in [-0.2, -0.15) is 0 Å². The largest absolute Gasteiger partial charge is 0.464 e. The minimum atomic E-state index is -0.677. The minimum Gasteiger partial charge on any atom is -0.464 e. The number of hydrogen-bond donors (Lipinski definition) is 1. The summed E-state index contributed by atoms with van der Waals surface area (Å²) in [6.07, 6.45) is 4.29. The van der Waals surface area contributed by atoms with Gasteiger partial charge in [-0.15, -0.1) is 11.6 Å². The zero-order valence-electron chi connectivity index (χ0n) is 13.3. The van der Waals surface area contributed by atoms with Crippen LogP contribution in [0.25, 0.3) is 0 Å². The van der Waals surface area contributed by atoms with Crippen molar-refractivity contribution >= 4 is 23.7 Å². The Balaban J connectivity index is 4.26. The Kier molecular flexibility index (Phi) is 12.2. The lowest BCUT2D eigenvalue weighted by molar-refractivity contribution is -0.147. The number of nitrogens with one attached hydrogen (secondary N) is 1. The number of unbranched alkanes of at least 4 members (excludes halogenated alkanes) is 3. The molecule has 0 spiro atoms. The molecule has 0 radical (unpaired) electrons. The summed E-state index contributed by atoms with van der Waals surface area (Å²) in [6.45, 7) is 6.49. The van der Waals surface area contributed by atoms with E-state index in [1.54, 1.807) is 0 Å². The first-order valence-electron chi connectivity index (χ1n) is 7.72. The summed E-state index contributed by atoms with van der Waals surface area (Å²) in [5.41, 5.74) is 0. The molecule has 6 heteroatoms. The molecule has 2 unspecified atom stereocenters. The highest BCUT2D eigenvalue weighted by atomic mass is 35.5. The Morgan fingerprint density at radius 3 is 2.38 bits per heavy atom. The lowest BCUT2D eigenvalue weighted by atomic mass is 9.99. The topological polar surface area (TPSA) is 64.6 Å². The second-order valence-electron chi connectivity index (χ2n) is 5.06. The molecule has 5 nitrogen and oxygen atoms in total. The first kappa shape index (κ1) is 20.0. The molecule has 0 saturated heterocycles. The zero-order chi connectivity index (χ0) is 16.1. The molecule has 1 N–H and O–H groups in total. The highest BCUT2D eigenvalue weighted by Crippen LogP contribution is 2.10. The van der Waals surface area contributed by atoms with E-state index in [0.29, 0.717) is 6.61 Å². The van der Waals surface area contributed by atoms with E-state index < -0.39 is 18.1 Å². The van der Waals surface area contributed by atoms with Crippen LogP contribution in [0, 0.1) is 5.92 Å². The molecule has 124 valence electrons. The van der Waals surface area contributed by atoms with E-state index in [2.05, 4.69) is 12.2 Å². The summed E-state index contributed by atoms with van der Waals surface area (Å²) in [7, 11) is 0. The fourth-order valence-corrected chi connectivity index (χ4v) is 1.84. The van der Waals surface area contributed by atoms with Crippen molar-refractivity contribution in [1.29, 1.82) is 0 Å². The van der Waals surface area contributed by atoms with Gasteiger partial charge in [-0.25, -0.2) is 9.59 Å². The fourth-order valence-electron chi connectivity index (χ4n) is 1.76. The van der Waals surface area contributed by atoms with Crippen molar-refractivity contribution in [2.24, 2.45) is 5.92 Å². The molecule has 0 fully saturated rings. The number of carbonyl (C=O) groups is 2. The van der Waals surface area contributed by atoms with Crippen LogP contribution < -0.4 is 5.32 Å². The number of ether oxygens (including phenoxy) is 2. The molecule has 0 aromatic heterocycles. The van der Waals surface area contributed by atoms with Crippen LogP contribution in [0.3, 0.4) is 0 Å². The molecule has 0 aromatic carbocycles. The van der Waals surface area contributed by atoms with Crippen LogP contribution in [0.15, 0.2) is 0 Å². The summed E-state index contributed by atoms with van der Waals surface area (Å²) >= 11 is 5.45. The Hall–Kier alpha value is -0.970. The van der Waals surface area contributed by atoms with Gasteiger partial charge in [0.05, 0.1) is 12.5 Å². The predicted octanol–water partition coefficient (Wildman–Crippen LogP) is 3.49. The molecule has 0 aliphatic heterocycles. The molecule has 21 heavy (non-hydrogen) atoms. The monoisotopic (exact) mass is 321 g/mol. The van der Waals surface area contributed by atoms with Crippen molar-refractivity contribution in [3.8, 4) is 0 Å². The van der Waals surface area contributed by atoms with Gasteiger partial charge in [0, 0.05) is 0 Å². The number of alkyl halides is 1. The van der Waals surface area contributed by atoms with Gasteiger partial charge in [0.2, 0.25) is 0 Å². The number of esters is 1. The average molecular weight is 322 g/mol. The molecule has 1 amide bonds. The molecule has 0 aliphatic rings. The number of alkyl carbamates (subject to hydrolysis) is 1. The van der Waals surface area contributed by atoms with Crippen LogP contribution in [-0.4, -0.2) is 37.2 Å². The maximum atomic E-state index is 12.1. The number of rotatable bonds is 11. The summed E-state index contributed by atoms with van der Waals surface area (Å²) in [5.74, 6) is -0.191. The smallest absolute Gasteiger partial charge is 0.407 e. The third-order valence-corrected chi connectivity index (χ3v) is 3.45. The van der Waals surface area contributed by atoms with E-state index >= 15 is 0 Å². The summed E-state index contributed by atoms with van der Waals surface area (Å²) in [5, 5.41) is 2.56.